The second-order valence-electron chi connectivity index (χ2n) is 7.92. The van der Waals surface area contributed by atoms with Gasteiger partial charge < -0.3 is 4.43 Å². The minimum atomic E-state index is -1.55. The summed E-state index contributed by atoms with van der Waals surface area (Å²) in [5.41, 5.74) is 0. The Morgan fingerprint density at radius 1 is 0.586 bits per heavy atom. The smallest absolute Gasteiger partial charge is 0.239 e. The maximum Gasteiger partial charge on any atom is 0.239 e. The lowest BCUT2D eigenvalue weighted by atomic mass is 10.1. The van der Waals surface area contributed by atoms with Crippen LogP contribution in [0.3, 0.4) is 0 Å². The van der Waals surface area contributed by atoms with Gasteiger partial charge in [0.25, 0.3) is 0 Å². The molecule has 2 aromatic carbocycles. The fraction of sp³-hybridized carbons (Fsp3) is 0.481. The highest BCUT2D eigenvalue weighted by molar-refractivity contribution is 6.80. The van der Waals surface area contributed by atoms with Gasteiger partial charge in [-0.2, -0.15) is 0 Å². The quantitative estimate of drug-likeness (QED) is 0.193. The second kappa shape index (κ2) is 16.0. The first kappa shape index (κ1) is 23.5. The van der Waals surface area contributed by atoms with Gasteiger partial charge in [-0.1, -0.05) is 118 Å². The van der Waals surface area contributed by atoms with E-state index in [2.05, 4.69) is 66.6 Å². The third-order valence-electron chi connectivity index (χ3n) is 5.45. The first-order valence-corrected chi connectivity index (χ1v) is 13.2. The minimum Gasteiger partial charge on any atom is -0.411 e. The molecule has 1 nitrogen and oxygen atoms in total. The maximum atomic E-state index is 6.44. The van der Waals surface area contributed by atoms with Crippen LogP contribution in [0.4, 0.5) is 0 Å². The zero-order chi connectivity index (χ0) is 20.4. The van der Waals surface area contributed by atoms with E-state index < -0.39 is 9.04 Å². The van der Waals surface area contributed by atoms with E-state index >= 15 is 0 Å². The van der Waals surface area contributed by atoms with Crippen LogP contribution in [-0.2, 0) is 4.43 Å². The van der Waals surface area contributed by atoms with Crippen molar-refractivity contribution in [1.82, 2.24) is 0 Å². The van der Waals surface area contributed by atoms with Crippen LogP contribution in [0.2, 0.25) is 0 Å². The van der Waals surface area contributed by atoms with Crippen molar-refractivity contribution in [3.05, 3.63) is 60.7 Å². The molecule has 0 amide bonds. The van der Waals surface area contributed by atoms with Crippen molar-refractivity contribution in [2.24, 2.45) is 0 Å². The highest BCUT2D eigenvalue weighted by Crippen LogP contribution is 2.12. The number of terminal acetylenes is 1. The van der Waals surface area contributed by atoms with Crippen molar-refractivity contribution >= 4 is 19.4 Å². The van der Waals surface area contributed by atoms with Crippen LogP contribution in [0.15, 0.2) is 60.7 Å². The summed E-state index contributed by atoms with van der Waals surface area (Å²) in [6, 6.07) is 21.5. The molecule has 0 aliphatic heterocycles. The molecule has 0 aliphatic rings. The summed E-state index contributed by atoms with van der Waals surface area (Å²) in [6.45, 7) is 0.887. The zero-order valence-electron chi connectivity index (χ0n) is 18.0. The Kier molecular flexibility index (Phi) is 13.0. The first-order chi connectivity index (χ1) is 14.4. The molecule has 0 bridgehead atoms. The summed E-state index contributed by atoms with van der Waals surface area (Å²) < 4.78 is 6.44. The first-order valence-electron chi connectivity index (χ1n) is 11.6. The molecule has 0 spiro atoms. The molecule has 0 saturated carbocycles. The summed E-state index contributed by atoms with van der Waals surface area (Å²) in [4.78, 5) is 0. The molecule has 0 heterocycles. The van der Waals surface area contributed by atoms with E-state index in [-0.39, 0.29) is 0 Å². The standard InChI is InChI=1S/C27H38OSi/c1-2-3-4-5-6-7-8-9-10-11-12-13-20-25-28-29(26-21-16-14-17-22-26)27-23-18-15-19-24-27/h1,14-19,21-24,29H,3-13,20,25H2. The van der Waals surface area contributed by atoms with Gasteiger partial charge in [-0.05, 0) is 23.2 Å². The van der Waals surface area contributed by atoms with Gasteiger partial charge in [-0.15, -0.1) is 12.3 Å². The molecule has 0 radical (unpaired) electrons. The van der Waals surface area contributed by atoms with Crippen molar-refractivity contribution in [2.45, 2.75) is 77.0 Å². The Labute approximate surface area is 180 Å². The van der Waals surface area contributed by atoms with Gasteiger partial charge >= 0.3 is 0 Å². The maximum absolute atomic E-state index is 6.44. The van der Waals surface area contributed by atoms with Gasteiger partial charge in [0.1, 0.15) is 0 Å². The van der Waals surface area contributed by atoms with Gasteiger partial charge in [-0.3, -0.25) is 0 Å². The monoisotopic (exact) mass is 406 g/mol. The van der Waals surface area contributed by atoms with E-state index in [4.69, 9.17) is 10.8 Å². The molecular weight excluding hydrogens is 368 g/mol. The summed E-state index contributed by atoms with van der Waals surface area (Å²) in [7, 11) is -1.55. The fourth-order valence-electron chi connectivity index (χ4n) is 3.76. The molecule has 156 valence electrons. The Morgan fingerprint density at radius 2 is 1.00 bits per heavy atom. The van der Waals surface area contributed by atoms with E-state index in [0.29, 0.717) is 0 Å². The van der Waals surface area contributed by atoms with Crippen LogP contribution < -0.4 is 10.4 Å². The summed E-state index contributed by atoms with van der Waals surface area (Å²) in [6.07, 6.45) is 20.8. The Balaban J connectivity index is 1.53. The average molecular weight is 407 g/mol. The predicted octanol–water partition coefficient (Wildman–Crippen LogP) is 5.86. The lowest BCUT2D eigenvalue weighted by Crippen LogP contribution is -2.45. The molecule has 0 unspecified atom stereocenters. The Hall–Kier alpha value is -1.82. The summed E-state index contributed by atoms with van der Waals surface area (Å²) >= 11 is 0. The zero-order valence-corrected chi connectivity index (χ0v) is 19.2. The number of rotatable bonds is 16. The van der Waals surface area contributed by atoms with Crippen molar-refractivity contribution in [1.29, 1.82) is 0 Å². The van der Waals surface area contributed by atoms with Crippen molar-refractivity contribution in [3.8, 4) is 12.3 Å². The third-order valence-corrected chi connectivity index (χ3v) is 8.00. The molecule has 2 heteroatoms. The van der Waals surface area contributed by atoms with Crippen LogP contribution in [-0.4, -0.2) is 15.6 Å². The number of hydrogen-bond acceptors (Lipinski definition) is 1. The van der Waals surface area contributed by atoms with E-state index in [1.54, 1.807) is 0 Å². The van der Waals surface area contributed by atoms with Gasteiger partial charge in [0.15, 0.2) is 0 Å². The van der Waals surface area contributed by atoms with E-state index in [0.717, 1.165) is 13.0 Å². The van der Waals surface area contributed by atoms with Crippen molar-refractivity contribution in [3.63, 3.8) is 0 Å². The largest absolute Gasteiger partial charge is 0.411 e. The number of unbranched alkanes of at least 4 members (excludes halogenated alkanes) is 11. The summed E-state index contributed by atoms with van der Waals surface area (Å²) in [5, 5.41) is 2.75. The van der Waals surface area contributed by atoms with Crippen LogP contribution >= 0.6 is 0 Å². The molecule has 0 fully saturated rings. The van der Waals surface area contributed by atoms with Crippen LogP contribution in [0.1, 0.15) is 77.0 Å². The van der Waals surface area contributed by atoms with E-state index in [1.807, 2.05) is 0 Å². The van der Waals surface area contributed by atoms with Crippen LogP contribution in [0, 0.1) is 12.3 Å². The van der Waals surface area contributed by atoms with E-state index in [9.17, 15) is 0 Å². The third kappa shape index (κ3) is 10.5. The highest BCUT2D eigenvalue weighted by Gasteiger charge is 2.16. The molecule has 0 saturated heterocycles. The molecule has 2 aromatic rings. The lowest BCUT2D eigenvalue weighted by Gasteiger charge is -2.17. The van der Waals surface area contributed by atoms with Gasteiger partial charge in [-0.25, -0.2) is 0 Å². The van der Waals surface area contributed by atoms with Gasteiger partial charge in [0, 0.05) is 13.0 Å². The molecule has 0 atom stereocenters. The molecular formula is C27H38OSi. The molecule has 0 aliphatic carbocycles. The molecule has 2 rings (SSSR count). The van der Waals surface area contributed by atoms with Gasteiger partial charge in [0.05, 0.1) is 0 Å². The fourth-order valence-corrected chi connectivity index (χ4v) is 6.08. The molecule has 29 heavy (non-hydrogen) atoms. The lowest BCUT2D eigenvalue weighted by molar-refractivity contribution is 0.318. The minimum absolute atomic E-state index is 0.887. The van der Waals surface area contributed by atoms with Crippen molar-refractivity contribution < 1.29 is 4.43 Å². The second-order valence-corrected chi connectivity index (χ2v) is 10.3. The Bertz CT molecular complexity index is 622. The average Bonchev–Trinajstić information content (AvgIpc) is 2.78. The molecule has 0 N–H and O–H groups in total. The van der Waals surface area contributed by atoms with Crippen molar-refractivity contribution in [2.75, 3.05) is 6.61 Å². The normalized spacial score (nSPS) is 10.9. The Morgan fingerprint density at radius 3 is 1.45 bits per heavy atom. The van der Waals surface area contributed by atoms with Gasteiger partial charge in [0.2, 0.25) is 9.04 Å². The number of hydrogen-bond donors (Lipinski definition) is 0. The van der Waals surface area contributed by atoms with Crippen LogP contribution in [0.25, 0.3) is 0 Å². The van der Waals surface area contributed by atoms with Crippen LogP contribution in [0.5, 0.6) is 0 Å². The molecule has 0 aromatic heterocycles. The highest BCUT2D eigenvalue weighted by atomic mass is 28.3. The topological polar surface area (TPSA) is 9.23 Å². The predicted molar refractivity (Wildman–Crippen MR) is 129 cm³/mol. The van der Waals surface area contributed by atoms with E-state index in [1.165, 1.54) is 81.0 Å². The number of benzene rings is 2. The summed E-state index contributed by atoms with van der Waals surface area (Å²) in [5.74, 6) is 2.72. The SMILES string of the molecule is C#CCCCCCCCCCCCCCO[SiH](c1ccccc1)c1ccccc1.